The molecule has 21 heavy (non-hydrogen) atoms. The van der Waals surface area contributed by atoms with Gasteiger partial charge in [0.1, 0.15) is 5.54 Å². The molecule has 1 aliphatic rings. The number of hydrogen-bond acceptors (Lipinski definition) is 6. The van der Waals surface area contributed by atoms with Gasteiger partial charge in [-0.3, -0.25) is 0 Å². The molecule has 1 aromatic carbocycles. The number of thioether (sulfide) groups is 2. The van der Waals surface area contributed by atoms with Gasteiger partial charge < -0.3 is 10.3 Å². The molecule has 2 N–H and O–H groups in total. The second kappa shape index (κ2) is 6.02. The minimum Gasteiger partial charge on any atom is -0.337 e. The van der Waals surface area contributed by atoms with E-state index in [9.17, 15) is 0 Å². The summed E-state index contributed by atoms with van der Waals surface area (Å²) in [6.45, 7) is 4.13. The molecule has 2 heterocycles. The summed E-state index contributed by atoms with van der Waals surface area (Å²) >= 11 is 3.86. The van der Waals surface area contributed by atoms with E-state index in [2.05, 4.69) is 17.1 Å². The molecule has 0 bridgehead atoms. The first-order valence-corrected chi connectivity index (χ1v) is 9.10. The van der Waals surface area contributed by atoms with Crippen LogP contribution in [0, 0.1) is 0 Å². The monoisotopic (exact) mass is 321 g/mol. The van der Waals surface area contributed by atoms with Crippen molar-refractivity contribution in [2.45, 2.75) is 29.9 Å². The second-order valence-corrected chi connectivity index (χ2v) is 8.13. The lowest BCUT2D eigenvalue weighted by molar-refractivity contribution is 0.322. The quantitative estimate of drug-likeness (QED) is 0.936. The molecule has 1 aromatic heterocycles. The number of benzene rings is 1. The van der Waals surface area contributed by atoms with Crippen molar-refractivity contribution in [2.24, 2.45) is 5.73 Å². The maximum Gasteiger partial charge on any atom is 0.251 e. The van der Waals surface area contributed by atoms with Crippen LogP contribution in [0.15, 0.2) is 34.9 Å². The maximum atomic E-state index is 6.43. The Morgan fingerprint density at radius 3 is 2.67 bits per heavy atom. The summed E-state index contributed by atoms with van der Waals surface area (Å²) in [7, 11) is 0. The van der Waals surface area contributed by atoms with Gasteiger partial charge in [-0.15, -0.1) is 11.8 Å². The van der Waals surface area contributed by atoms with Crippen LogP contribution in [0.5, 0.6) is 0 Å². The van der Waals surface area contributed by atoms with Gasteiger partial charge in [-0.1, -0.05) is 42.4 Å². The molecule has 112 valence electrons. The van der Waals surface area contributed by atoms with E-state index in [-0.39, 0.29) is 5.25 Å². The van der Waals surface area contributed by atoms with Gasteiger partial charge in [0.15, 0.2) is 5.82 Å². The maximum absolute atomic E-state index is 6.43. The predicted molar refractivity (Wildman–Crippen MR) is 88.5 cm³/mol. The van der Waals surface area contributed by atoms with Crippen LogP contribution in [0.4, 0.5) is 0 Å². The van der Waals surface area contributed by atoms with Crippen LogP contribution in [-0.4, -0.2) is 26.9 Å². The molecule has 1 fully saturated rings. The lowest BCUT2D eigenvalue weighted by Crippen LogP contribution is -2.34. The smallest absolute Gasteiger partial charge is 0.251 e. The summed E-state index contributed by atoms with van der Waals surface area (Å²) in [4.78, 5) is 4.60. The Morgan fingerprint density at radius 2 is 1.95 bits per heavy atom. The Kier molecular flexibility index (Phi) is 4.28. The molecular weight excluding hydrogens is 302 g/mol. The highest BCUT2D eigenvalue weighted by Crippen LogP contribution is 2.41. The van der Waals surface area contributed by atoms with E-state index in [1.165, 1.54) is 5.75 Å². The van der Waals surface area contributed by atoms with Gasteiger partial charge in [0.25, 0.3) is 5.89 Å². The Balaban J connectivity index is 1.87. The molecule has 0 radical (unpaired) electrons. The number of aromatic nitrogens is 2. The topological polar surface area (TPSA) is 64.9 Å². The highest BCUT2D eigenvalue weighted by atomic mass is 32.2. The Morgan fingerprint density at radius 1 is 1.24 bits per heavy atom. The zero-order valence-electron chi connectivity index (χ0n) is 12.2. The van der Waals surface area contributed by atoms with Gasteiger partial charge in [-0.25, -0.2) is 0 Å². The van der Waals surface area contributed by atoms with E-state index in [4.69, 9.17) is 10.3 Å². The number of nitrogens with zero attached hydrogens (tertiary/aromatic N) is 2. The Hall–Kier alpha value is -0.980. The van der Waals surface area contributed by atoms with Crippen molar-refractivity contribution in [2.75, 3.05) is 11.5 Å². The van der Waals surface area contributed by atoms with Gasteiger partial charge >= 0.3 is 0 Å². The lowest BCUT2D eigenvalue weighted by atomic mass is 9.93. The van der Waals surface area contributed by atoms with Crippen molar-refractivity contribution in [3.63, 3.8) is 0 Å². The van der Waals surface area contributed by atoms with Crippen molar-refractivity contribution >= 4 is 23.5 Å². The second-order valence-electron chi connectivity index (χ2n) is 5.39. The molecule has 1 saturated heterocycles. The summed E-state index contributed by atoms with van der Waals surface area (Å²) in [5, 5.41) is 4.96. The molecule has 3 unspecified atom stereocenters. The molecule has 0 saturated carbocycles. The van der Waals surface area contributed by atoms with Crippen LogP contribution < -0.4 is 5.73 Å². The van der Waals surface area contributed by atoms with E-state index in [1.807, 2.05) is 60.8 Å². The zero-order valence-corrected chi connectivity index (χ0v) is 13.8. The van der Waals surface area contributed by atoms with Crippen molar-refractivity contribution in [3.8, 4) is 0 Å². The fraction of sp³-hybridized carbons (Fsp3) is 0.467. The molecule has 1 aliphatic heterocycles. The molecule has 4 nitrogen and oxygen atoms in total. The van der Waals surface area contributed by atoms with Crippen LogP contribution in [0.25, 0.3) is 0 Å². The molecule has 0 amide bonds. The van der Waals surface area contributed by atoms with Gasteiger partial charge in [-0.2, -0.15) is 16.7 Å². The molecule has 0 aliphatic carbocycles. The van der Waals surface area contributed by atoms with Crippen LogP contribution in [0.3, 0.4) is 0 Å². The molecule has 0 spiro atoms. The van der Waals surface area contributed by atoms with Gasteiger partial charge in [0.05, 0.1) is 5.25 Å². The highest BCUT2D eigenvalue weighted by molar-refractivity contribution is 8.06. The number of nitrogens with two attached hydrogens (primary N) is 1. The van der Waals surface area contributed by atoms with Crippen LogP contribution >= 0.6 is 23.5 Å². The normalized spacial score (nSPS) is 25.5. The van der Waals surface area contributed by atoms with Crippen LogP contribution in [-0.2, 0) is 5.54 Å². The fourth-order valence-electron chi connectivity index (χ4n) is 2.39. The largest absolute Gasteiger partial charge is 0.337 e. The van der Waals surface area contributed by atoms with Gasteiger partial charge in [-0.05, 0) is 12.5 Å². The van der Waals surface area contributed by atoms with Crippen molar-refractivity contribution in [1.29, 1.82) is 0 Å². The van der Waals surface area contributed by atoms with Crippen molar-refractivity contribution in [1.82, 2.24) is 10.1 Å². The first-order valence-electron chi connectivity index (χ1n) is 7.00. The van der Waals surface area contributed by atoms with E-state index >= 15 is 0 Å². The third-order valence-electron chi connectivity index (χ3n) is 3.70. The number of rotatable bonds is 3. The van der Waals surface area contributed by atoms with Crippen LogP contribution in [0.1, 0.15) is 36.4 Å². The summed E-state index contributed by atoms with van der Waals surface area (Å²) in [5.41, 5.74) is 6.64. The predicted octanol–water partition coefficient (Wildman–Crippen LogP) is 3.20. The third-order valence-corrected chi connectivity index (χ3v) is 6.79. The van der Waals surface area contributed by atoms with Crippen molar-refractivity contribution < 1.29 is 4.52 Å². The van der Waals surface area contributed by atoms with Crippen LogP contribution in [0.2, 0.25) is 0 Å². The third kappa shape index (κ3) is 2.98. The summed E-state index contributed by atoms with van der Waals surface area (Å²) in [5.74, 6) is 3.56. The minimum absolute atomic E-state index is 0.285. The SMILES string of the molecule is CC1SCCSC1c1noc(C(C)(N)c2ccccc2)n1. The average molecular weight is 321 g/mol. The van der Waals surface area contributed by atoms with Gasteiger partial charge in [0.2, 0.25) is 0 Å². The Bertz CT molecular complexity index is 600. The first kappa shape index (κ1) is 14.9. The van der Waals surface area contributed by atoms with E-state index in [0.717, 1.165) is 17.1 Å². The van der Waals surface area contributed by atoms with E-state index in [1.54, 1.807) is 0 Å². The summed E-state index contributed by atoms with van der Waals surface area (Å²) < 4.78 is 5.48. The number of hydrogen-bond donors (Lipinski definition) is 1. The Labute approximate surface area is 133 Å². The van der Waals surface area contributed by atoms with Gasteiger partial charge in [0, 0.05) is 16.8 Å². The molecule has 2 aromatic rings. The molecule has 6 heteroatoms. The lowest BCUT2D eigenvalue weighted by Gasteiger charge is -2.25. The van der Waals surface area contributed by atoms with Crippen molar-refractivity contribution in [3.05, 3.63) is 47.6 Å². The summed E-state index contributed by atoms with van der Waals surface area (Å²) in [6.07, 6.45) is 0. The summed E-state index contributed by atoms with van der Waals surface area (Å²) in [6, 6.07) is 9.87. The minimum atomic E-state index is -0.762. The highest BCUT2D eigenvalue weighted by Gasteiger charge is 2.34. The molecular formula is C15H19N3OS2. The first-order chi connectivity index (χ1) is 10.1. The standard InChI is InChI=1S/C15H19N3OS2/c1-10-12(21-9-8-20-10)13-17-14(19-18-13)15(2,16)11-6-4-3-5-7-11/h3-7,10,12H,8-9,16H2,1-2H3. The zero-order chi connectivity index (χ0) is 14.9. The molecule has 3 rings (SSSR count). The fourth-order valence-corrected chi connectivity index (χ4v) is 5.06. The molecule has 3 atom stereocenters. The average Bonchev–Trinajstić information content (AvgIpc) is 2.99. The van der Waals surface area contributed by atoms with E-state index in [0.29, 0.717) is 11.1 Å². The van der Waals surface area contributed by atoms with E-state index < -0.39 is 5.54 Å².